The fourth-order valence-electron chi connectivity index (χ4n) is 2.07. The molecule has 0 bridgehead atoms. The fourth-order valence-corrected chi connectivity index (χ4v) is 3.20. The molecular weight excluding hydrogens is 347 g/mol. The lowest BCUT2D eigenvalue weighted by Crippen LogP contribution is -2.08. The Hall–Kier alpha value is -2.54. The van der Waals surface area contributed by atoms with Crippen molar-refractivity contribution in [2.75, 3.05) is 13.7 Å². The molecule has 0 aliphatic carbocycles. The number of hydrogen-bond donors (Lipinski definition) is 1. The van der Waals surface area contributed by atoms with E-state index in [0.29, 0.717) is 12.0 Å². The summed E-state index contributed by atoms with van der Waals surface area (Å²) < 4.78 is 17.6. The van der Waals surface area contributed by atoms with Crippen LogP contribution in [0.4, 0.5) is 5.69 Å². The molecule has 2 aromatic carbocycles. The Labute approximate surface area is 144 Å². The number of oxime groups is 1. The molecule has 25 heavy (non-hydrogen) atoms. The average Bonchev–Trinajstić information content (AvgIpc) is 2.60. The summed E-state index contributed by atoms with van der Waals surface area (Å²) in [5, 5.41) is 14.2. The normalized spacial score (nSPS) is 13.9. The molecule has 132 valence electrons. The van der Waals surface area contributed by atoms with Crippen LogP contribution in [0, 0.1) is 10.1 Å². The van der Waals surface area contributed by atoms with Gasteiger partial charge in [-0.25, -0.2) is 0 Å². The average molecular weight is 364 g/mol. The summed E-state index contributed by atoms with van der Waals surface area (Å²) in [6, 6.07) is 14.3. The van der Waals surface area contributed by atoms with Crippen LogP contribution in [0.3, 0.4) is 0 Å². The third kappa shape index (κ3) is 5.22. The van der Waals surface area contributed by atoms with Gasteiger partial charge in [-0.2, -0.15) is 0 Å². The third-order valence-electron chi connectivity index (χ3n) is 3.28. The van der Waals surface area contributed by atoms with E-state index >= 15 is 0 Å². The van der Waals surface area contributed by atoms with Crippen molar-refractivity contribution >= 4 is 18.7 Å². The molecule has 0 aromatic heterocycles. The van der Waals surface area contributed by atoms with Crippen LogP contribution in [0.25, 0.3) is 0 Å². The lowest BCUT2D eigenvalue weighted by atomic mass is 10.1. The summed E-state index contributed by atoms with van der Waals surface area (Å²) in [5.41, 5.74) is 0.969. The maximum Gasteiger partial charge on any atom is 0.381 e. The molecule has 2 aromatic rings. The first-order chi connectivity index (χ1) is 11.9. The van der Waals surface area contributed by atoms with Crippen molar-refractivity contribution in [3.8, 4) is 0 Å². The van der Waals surface area contributed by atoms with Crippen molar-refractivity contribution in [1.29, 1.82) is 0 Å². The SMILES string of the molecule is CO/N=C(\c1ccccc1)P(=O)(O)OCCc1ccc([N+](=O)[O-])cc1. The highest BCUT2D eigenvalue weighted by atomic mass is 31.2. The molecule has 0 amide bonds. The first-order valence-electron chi connectivity index (χ1n) is 7.32. The van der Waals surface area contributed by atoms with Crippen LogP contribution in [-0.2, 0) is 20.3 Å². The Morgan fingerprint density at radius 3 is 2.40 bits per heavy atom. The van der Waals surface area contributed by atoms with E-state index in [1.54, 1.807) is 42.5 Å². The number of hydrogen-bond acceptors (Lipinski definition) is 6. The number of non-ortho nitro benzene ring substituents is 1. The van der Waals surface area contributed by atoms with Crippen LogP contribution in [0.2, 0.25) is 0 Å². The molecule has 1 atom stereocenters. The zero-order chi connectivity index (χ0) is 18.3. The van der Waals surface area contributed by atoms with Gasteiger partial charge in [0.05, 0.1) is 11.5 Å². The van der Waals surface area contributed by atoms with Gasteiger partial charge in [-0.15, -0.1) is 0 Å². The van der Waals surface area contributed by atoms with Gasteiger partial charge in [0, 0.05) is 17.7 Å². The molecule has 0 fully saturated rings. The van der Waals surface area contributed by atoms with Gasteiger partial charge in [0.25, 0.3) is 5.69 Å². The van der Waals surface area contributed by atoms with Gasteiger partial charge in [0.2, 0.25) is 0 Å². The standard InChI is InChI=1S/C16H17N2O6P/c1-23-17-16(14-5-3-2-4-6-14)25(21,22)24-12-11-13-7-9-15(10-8-13)18(19)20/h2-10H,11-12H2,1H3,(H,21,22)/b17-16+. The molecule has 0 aliphatic heterocycles. The predicted molar refractivity (Wildman–Crippen MR) is 92.6 cm³/mol. The van der Waals surface area contributed by atoms with Crippen LogP contribution in [0.15, 0.2) is 59.8 Å². The van der Waals surface area contributed by atoms with Gasteiger partial charge >= 0.3 is 7.60 Å². The van der Waals surface area contributed by atoms with E-state index in [1.165, 1.54) is 19.2 Å². The second-order valence-corrected chi connectivity index (χ2v) is 6.71. The number of nitro benzene ring substituents is 1. The van der Waals surface area contributed by atoms with Gasteiger partial charge in [-0.05, 0) is 12.0 Å². The highest BCUT2D eigenvalue weighted by molar-refractivity contribution is 7.72. The molecule has 9 heteroatoms. The van der Waals surface area contributed by atoms with E-state index in [4.69, 9.17) is 4.52 Å². The highest BCUT2D eigenvalue weighted by Crippen LogP contribution is 2.46. The summed E-state index contributed by atoms with van der Waals surface area (Å²) in [6.07, 6.45) is 0.317. The van der Waals surface area contributed by atoms with Crippen molar-refractivity contribution in [2.24, 2.45) is 5.16 Å². The molecule has 0 aliphatic rings. The van der Waals surface area contributed by atoms with Crippen molar-refractivity contribution < 1.29 is 23.7 Å². The summed E-state index contributed by atoms with van der Waals surface area (Å²) in [6.45, 7) is -0.0544. The van der Waals surface area contributed by atoms with E-state index < -0.39 is 12.5 Å². The molecule has 0 saturated heterocycles. The zero-order valence-corrected chi connectivity index (χ0v) is 14.3. The minimum Gasteiger partial charge on any atom is -0.398 e. The van der Waals surface area contributed by atoms with Crippen LogP contribution >= 0.6 is 7.60 Å². The van der Waals surface area contributed by atoms with E-state index in [9.17, 15) is 19.6 Å². The number of benzene rings is 2. The number of rotatable bonds is 8. The van der Waals surface area contributed by atoms with Gasteiger partial charge in [-0.1, -0.05) is 47.6 Å². The van der Waals surface area contributed by atoms with Crippen LogP contribution in [-0.4, -0.2) is 29.0 Å². The van der Waals surface area contributed by atoms with Gasteiger partial charge < -0.3 is 14.3 Å². The first-order valence-corrected chi connectivity index (χ1v) is 8.89. The molecule has 0 radical (unpaired) electrons. The van der Waals surface area contributed by atoms with Crippen LogP contribution in [0.1, 0.15) is 11.1 Å². The lowest BCUT2D eigenvalue weighted by molar-refractivity contribution is -0.384. The molecule has 8 nitrogen and oxygen atoms in total. The van der Waals surface area contributed by atoms with E-state index in [1.807, 2.05) is 0 Å². The minimum absolute atomic E-state index is 0.0175. The second kappa shape index (κ2) is 8.53. The molecule has 2 rings (SSSR count). The Morgan fingerprint density at radius 1 is 1.20 bits per heavy atom. The zero-order valence-electron chi connectivity index (χ0n) is 13.4. The molecular formula is C16H17N2O6P. The second-order valence-electron chi connectivity index (χ2n) is 4.99. The summed E-state index contributed by atoms with van der Waals surface area (Å²) >= 11 is 0. The molecule has 0 spiro atoms. The summed E-state index contributed by atoms with van der Waals surface area (Å²) in [5.74, 6) is 0. The third-order valence-corrected chi connectivity index (χ3v) is 4.69. The number of nitrogens with zero attached hydrogens (tertiary/aromatic N) is 2. The van der Waals surface area contributed by atoms with Crippen molar-refractivity contribution in [2.45, 2.75) is 6.42 Å². The smallest absolute Gasteiger partial charge is 0.381 e. The Bertz CT molecular complexity index is 792. The monoisotopic (exact) mass is 364 g/mol. The lowest BCUT2D eigenvalue weighted by Gasteiger charge is -2.14. The van der Waals surface area contributed by atoms with Crippen molar-refractivity contribution in [3.05, 3.63) is 75.8 Å². The fraction of sp³-hybridized carbons (Fsp3) is 0.188. The van der Waals surface area contributed by atoms with E-state index in [0.717, 1.165) is 5.56 Å². The maximum atomic E-state index is 12.5. The van der Waals surface area contributed by atoms with Crippen molar-refractivity contribution in [1.82, 2.24) is 0 Å². The number of nitro groups is 1. The maximum absolute atomic E-state index is 12.5. The molecule has 0 heterocycles. The highest BCUT2D eigenvalue weighted by Gasteiger charge is 2.30. The van der Waals surface area contributed by atoms with Crippen LogP contribution in [0.5, 0.6) is 0 Å². The van der Waals surface area contributed by atoms with Gasteiger partial charge in [0.1, 0.15) is 7.11 Å². The van der Waals surface area contributed by atoms with E-state index in [2.05, 4.69) is 9.99 Å². The molecule has 1 N–H and O–H groups in total. The predicted octanol–water partition coefficient (Wildman–Crippen LogP) is 3.35. The summed E-state index contributed by atoms with van der Waals surface area (Å²) in [4.78, 5) is 25.0. The quantitative estimate of drug-likeness (QED) is 0.333. The molecule has 1 unspecified atom stereocenters. The van der Waals surface area contributed by atoms with Gasteiger partial charge in [0.15, 0.2) is 5.45 Å². The largest absolute Gasteiger partial charge is 0.398 e. The summed E-state index contributed by atoms with van der Waals surface area (Å²) in [7, 11) is -2.91. The Balaban J connectivity index is 2.03. The van der Waals surface area contributed by atoms with Gasteiger partial charge in [-0.3, -0.25) is 14.7 Å². The molecule has 0 saturated carbocycles. The van der Waals surface area contributed by atoms with Crippen LogP contribution < -0.4 is 0 Å². The Morgan fingerprint density at radius 2 is 1.84 bits per heavy atom. The first kappa shape index (κ1) is 18.8. The van der Waals surface area contributed by atoms with E-state index in [-0.39, 0.29) is 17.7 Å². The Kier molecular flexibility index (Phi) is 6.41. The minimum atomic E-state index is -4.19. The van der Waals surface area contributed by atoms with Crippen molar-refractivity contribution in [3.63, 3.8) is 0 Å². The topological polar surface area (TPSA) is 111 Å².